The lowest BCUT2D eigenvalue weighted by Gasteiger charge is -2.19. The molecule has 5 rings (SSSR count). The average molecular weight is 473 g/mol. The number of rotatable bonds is 4. The van der Waals surface area contributed by atoms with Crippen LogP contribution in [0, 0.1) is 0 Å². The highest BCUT2D eigenvalue weighted by molar-refractivity contribution is 6.32. The molecule has 164 valence electrons. The molecule has 4 aromatic heterocycles. The van der Waals surface area contributed by atoms with Gasteiger partial charge in [-0.15, -0.1) is 9.90 Å². The number of anilines is 1. The Bertz CT molecular complexity index is 1360. The number of hydrogen-bond donors (Lipinski definition) is 2. The first-order valence-corrected chi connectivity index (χ1v) is 10.6. The molecule has 1 amide bonds. The topological polar surface area (TPSA) is 123 Å². The normalized spacial score (nSPS) is 17.0. The Kier molecular flexibility index (Phi) is 4.88. The zero-order chi connectivity index (χ0) is 22.6. The molecule has 1 unspecified atom stereocenters. The van der Waals surface area contributed by atoms with Crippen LogP contribution in [-0.4, -0.2) is 45.6 Å². The van der Waals surface area contributed by atoms with Gasteiger partial charge in [-0.3, -0.25) is 4.79 Å². The molecule has 0 spiro atoms. The van der Waals surface area contributed by atoms with Crippen molar-refractivity contribution >= 4 is 40.4 Å². The van der Waals surface area contributed by atoms with Crippen molar-refractivity contribution in [3.8, 4) is 5.82 Å². The van der Waals surface area contributed by atoms with Crippen molar-refractivity contribution in [1.82, 2.24) is 34.6 Å². The third-order valence-corrected chi connectivity index (χ3v) is 5.97. The molecule has 1 aliphatic rings. The quantitative estimate of drug-likeness (QED) is 0.467. The predicted octanol–water partition coefficient (Wildman–Crippen LogP) is 2.91. The molecule has 12 heteroatoms. The van der Waals surface area contributed by atoms with Gasteiger partial charge in [0.15, 0.2) is 16.6 Å². The van der Waals surface area contributed by atoms with Gasteiger partial charge in [-0.25, -0.2) is 14.5 Å². The molecule has 0 saturated carbocycles. The van der Waals surface area contributed by atoms with E-state index in [1.807, 2.05) is 0 Å². The van der Waals surface area contributed by atoms with Crippen LogP contribution in [0.5, 0.6) is 0 Å². The highest BCUT2D eigenvalue weighted by atomic mass is 35.5. The average Bonchev–Trinajstić information content (AvgIpc) is 3.42. The number of aliphatic hydroxyl groups is 1. The third-order valence-electron chi connectivity index (χ3n) is 5.51. The zero-order valence-electron chi connectivity index (χ0n) is 17.1. The van der Waals surface area contributed by atoms with Crippen LogP contribution in [0.15, 0.2) is 30.7 Å². The number of amides is 1. The van der Waals surface area contributed by atoms with E-state index in [1.165, 1.54) is 17.2 Å². The largest absolute Gasteiger partial charge is 0.390 e. The number of carbonyl (C=O) groups is 1. The Morgan fingerprint density at radius 2 is 2.03 bits per heavy atom. The molecule has 4 heterocycles. The Balaban J connectivity index is 1.43. The van der Waals surface area contributed by atoms with Crippen molar-refractivity contribution in [2.45, 2.75) is 38.2 Å². The lowest BCUT2D eigenvalue weighted by atomic mass is 9.88. The van der Waals surface area contributed by atoms with Gasteiger partial charge in [0.2, 0.25) is 5.91 Å². The van der Waals surface area contributed by atoms with Crippen molar-refractivity contribution in [2.24, 2.45) is 0 Å². The summed E-state index contributed by atoms with van der Waals surface area (Å²) in [6.07, 6.45) is 5.21. The summed E-state index contributed by atoms with van der Waals surface area (Å²) in [5, 5.41) is 25.1. The highest BCUT2D eigenvalue weighted by Crippen LogP contribution is 2.46. The van der Waals surface area contributed by atoms with Gasteiger partial charge in [-0.1, -0.05) is 37.0 Å². The van der Waals surface area contributed by atoms with Gasteiger partial charge < -0.3 is 10.4 Å². The molecule has 0 radical (unpaired) electrons. The summed E-state index contributed by atoms with van der Waals surface area (Å²) in [7, 11) is 0. The molecule has 0 aromatic carbocycles. The summed E-state index contributed by atoms with van der Waals surface area (Å²) in [4.78, 5) is 23.1. The number of pyridine rings is 1. The lowest BCUT2D eigenvalue weighted by molar-refractivity contribution is -0.117. The summed E-state index contributed by atoms with van der Waals surface area (Å²) < 4.78 is 1.72. The van der Waals surface area contributed by atoms with Crippen molar-refractivity contribution in [3.63, 3.8) is 0 Å². The minimum atomic E-state index is -0.418. The number of fused-ring (bicyclic) bond motifs is 3. The predicted molar refractivity (Wildman–Crippen MR) is 117 cm³/mol. The Labute approximate surface area is 192 Å². The number of nitrogens with one attached hydrogen (secondary N) is 1. The van der Waals surface area contributed by atoms with Crippen molar-refractivity contribution < 1.29 is 9.90 Å². The van der Waals surface area contributed by atoms with Crippen molar-refractivity contribution in [1.29, 1.82) is 0 Å². The number of carbonyl (C=O) groups excluding carboxylic acids is 1. The van der Waals surface area contributed by atoms with E-state index in [9.17, 15) is 4.79 Å². The minimum absolute atomic E-state index is 0.193. The first-order valence-electron chi connectivity index (χ1n) is 9.80. The van der Waals surface area contributed by atoms with Gasteiger partial charge >= 0.3 is 0 Å². The fourth-order valence-electron chi connectivity index (χ4n) is 4.15. The van der Waals surface area contributed by atoms with Crippen LogP contribution in [0.1, 0.15) is 43.1 Å². The maximum atomic E-state index is 13.2. The van der Waals surface area contributed by atoms with E-state index >= 15 is 0 Å². The van der Waals surface area contributed by atoms with Crippen LogP contribution in [0.2, 0.25) is 10.2 Å². The van der Waals surface area contributed by atoms with E-state index in [0.29, 0.717) is 34.4 Å². The van der Waals surface area contributed by atoms with E-state index in [2.05, 4.69) is 44.4 Å². The molecule has 2 N–H and O–H groups in total. The molecule has 0 fully saturated rings. The second kappa shape index (κ2) is 7.51. The van der Waals surface area contributed by atoms with E-state index in [-0.39, 0.29) is 23.0 Å². The Morgan fingerprint density at radius 1 is 1.22 bits per heavy atom. The smallest absolute Gasteiger partial charge is 0.232 e. The van der Waals surface area contributed by atoms with Gasteiger partial charge in [0.1, 0.15) is 5.69 Å². The molecule has 0 bridgehead atoms. The summed E-state index contributed by atoms with van der Waals surface area (Å²) in [5.41, 5.74) is 2.91. The first kappa shape index (κ1) is 20.8. The summed E-state index contributed by atoms with van der Waals surface area (Å²) >= 11 is 12.4. The number of halogens is 2. The molecular weight excluding hydrogens is 455 g/mol. The van der Waals surface area contributed by atoms with Crippen molar-refractivity contribution in [3.05, 3.63) is 57.9 Å². The fourth-order valence-corrected chi connectivity index (χ4v) is 4.56. The SMILES string of the molecule is CC1(C)CC(C(=O)Nc2cnc(-n3ncc(CO)n3)c(Cl)c2)c2cnc3cc(Cl)nn3c21. The highest BCUT2D eigenvalue weighted by Gasteiger charge is 2.43. The van der Waals surface area contributed by atoms with Crippen molar-refractivity contribution in [2.75, 3.05) is 5.32 Å². The van der Waals surface area contributed by atoms with Gasteiger partial charge in [0, 0.05) is 23.2 Å². The number of nitrogens with zero attached hydrogens (tertiary/aromatic N) is 7. The standard InChI is InChI=1S/C20H18Cl2N8O2/c1-20(2)5-12(13-8-23-16-4-15(22)28-29(16)17(13)20)19(32)26-10-3-14(21)18(24-6-10)30-25-7-11(9-31)27-30/h3-4,6-8,12,31H,5,9H2,1-2H3,(H,26,32). The van der Waals surface area contributed by atoms with Crippen LogP contribution >= 0.6 is 23.2 Å². The molecular formula is C20H18Cl2N8O2. The minimum Gasteiger partial charge on any atom is -0.390 e. The lowest BCUT2D eigenvalue weighted by Crippen LogP contribution is -2.21. The monoisotopic (exact) mass is 472 g/mol. The van der Waals surface area contributed by atoms with E-state index in [0.717, 1.165) is 11.3 Å². The number of aliphatic hydroxyl groups excluding tert-OH is 1. The summed E-state index contributed by atoms with van der Waals surface area (Å²) in [6.45, 7) is 3.90. The third kappa shape index (κ3) is 3.40. The molecule has 1 atom stereocenters. The second-order valence-corrected chi connectivity index (χ2v) is 9.04. The molecule has 1 aliphatic carbocycles. The number of aromatic nitrogens is 7. The fraction of sp³-hybridized carbons (Fsp3) is 0.300. The van der Waals surface area contributed by atoms with Gasteiger partial charge in [-0.05, 0) is 12.5 Å². The van der Waals surface area contributed by atoms with Crippen LogP contribution in [0.4, 0.5) is 5.69 Å². The maximum absolute atomic E-state index is 13.2. The van der Waals surface area contributed by atoms with Gasteiger partial charge in [-0.2, -0.15) is 10.2 Å². The van der Waals surface area contributed by atoms with Crippen LogP contribution in [0.3, 0.4) is 0 Å². The van der Waals surface area contributed by atoms with Crippen LogP contribution in [0.25, 0.3) is 11.5 Å². The molecule has 4 aromatic rings. The maximum Gasteiger partial charge on any atom is 0.232 e. The molecule has 0 saturated heterocycles. The van der Waals surface area contributed by atoms with E-state index < -0.39 is 5.92 Å². The van der Waals surface area contributed by atoms with Gasteiger partial charge in [0.25, 0.3) is 0 Å². The second-order valence-electron chi connectivity index (χ2n) is 8.24. The Morgan fingerprint density at radius 3 is 2.75 bits per heavy atom. The molecule has 10 nitrogen and oxygen atoms in total. The van der Waals surface area contributed by atoms with Crippen LogP contribution in [-0.2, 0) is 16.8 Å². The summed E-state index contributed by atoms with van der Waals surface area (Å²) in [6, 6.07) is 3.28. The first-order chi connectivity index (χ1) is 15.3. The Hall–Kier alpha value is -3.08. The molecule has 32 heavy (non-hydrogen) atoms. The van der Waals surface area contributed by atoms with Gasteiger partial charge in [0.05, 0.1) is 41.3 Å². The number of hydrogen-bond acceptors (Lipinski definition) is 7. The van der Waals surface area contributed by atoms with E-state index in [1.54, 1.807) is 22.8 Å². The molecule has 0 aliphatic heterocycles. The summed E-state index contributed by atoms with van der Waals surface area (Å²) in [5.74, 6) is -0.321. The zero-order valence-corrected chi connectivity index (χ0v) is 18.6. The van der Waals surface area contributed by atoms with Crippen LogP contribution < -0.4 is 5.32 Å². The van der Waals surface area contributed by atoms with E-state index in [4.69, 9.17) is 28.3 Å².